The fraction of sp³-hybridized carbons (Fsp3) is 0.294. The molecule has 3 aromatic rings. The molecule has 2 heterocycles. The molecule has 1 aromatic carbocycles. The Labute approximate surface area is 145 Å². The lowest BCUT2D eigenvalue weighted by molar-refractivity contribution is 0.0778. The van der Waals surface area contributed by atoms with Crippen LogP contribution >= 0.6 is 0 Å². The van der Waals surface area contributed by atoms with E-state index >= 15 is 0 Å². The maximum Gasteiger partial charge on any atom is 0.276 e. The molecule has 8 nitrogen and oxygen atoms in total. The van der Waals surface area contributed by atoms with Gasteiger partial charge in [-0.3, -0.25) is 9.48 Å². The number of aryl methyl sites for hydroxylation is 1. The fourth-order valence-corrected chi connectivity index (χ4v) is 2.58. The zero-order chi connectivity index (χ0) is 18.0. The highest BCUT2D eigenvalue weighted by Crippen LogP contribution is 2.17. The van der Waals surface area contributed by atoms with Crippen molar-refractivity contribution >= 4 is 5.91 Å². The summed E-state index contributed by atoms with van der Waals surface area (Å²) in [6.07, 6.45) is 3.62. The van der Waals surface area contributed by atoms with Crippen molar-refractivity contribution in [3.63, 3.8) is 0 Å². The van der Waals surface area contributed by atoms with E-state index in [-0.39, 0.29) is 5.91 Å². The lowest BCUT2D eigenvalue weighted by Gasteiger charge is -2.15. The molecule has 0 aliphatic heterocycles. The molecule has 0 spiro atoms. The van der Waals surface area contributed by atoms with E-state index < -0.39 is 0 Å². The molecule has 0 aliphatic rings. The second-order valence-electron chi connectivity index (χ2n) is 5.82. The molecule has 0 saturated carbocycles. The number of methoxy groups -OCH3 is 1. The minimum atomic E-state index is -0.180. The number of ether oxygens (including phenoxy) is 1. The molecule has 0 aliphatic carbocycles. The van der Waals surface area contributed by atoms with Crippen molar-refractivity contribution in [2.24, 2.45) is 7.05 Å². The second-order valence-corrected chi connectivity index (χ2v) is 5.82. The Morgan fingerprint density at radius 3 is 2.60 bits per heavy atom. The third kappa shape index (κ3) is 3.37. The predicted molar refractivity (Wildman–Crippen MR) is 91.7 cm³/mol. The number of nitrogens with zero attached hydrogens (tertiary/aromatic N) is 6. The first-order valence-corrected chi connectivity index (χ1v) is 7.79. The quantitative estimate of drug-likeness (QED) is 0.705. The van der Waals surface area contributed by atoms with Gasteiger partial charge in [0.1, 0.15) is 5.75 Å². The lowest BCUT2D eigenvalue weighted by atomic mass is 10.2. The highest BCUT2D eigenvalue weighted by Gasteiger charge is 2.21. The summed E-state index contributed by atoms with van der Waals surface area (Å²) in [5, 5.41) is 12.3. The van der Waals surface area contributed by atoms with Gasteiger partial charge in [-0.1, -0.05) is 5.21 Å². The topological polar surface area (TPSA) is 78.1 Å². The SMILES string of the molecule is COc1ccc(-n2nnc(C(=O)N(C)Cc3cnn(C)c3)c2C)cc1. The van der Waals surface area contributed by atoms with Crippen LogP contribution in [-0.4, -0.2) is 49.7 Å². The molecule has 0 atom stereocenters. The van der Waals surface area contributed by atoms with Crippen molar-refractivity contribution in [2.75, 3.05) is 14.2 Å². The van der Waals surface area contributed by atoms with Gasteiger partial charge in [0.05, 0.1) is 24.7 Å². The Balaban J connectivity index is 1.80. The predicted octanol–water partition coefficient (Wildman–Crippen LogP) is 1.59. The van der Waals surface area contributed by atoms with Gasteiger partial charge < -0.3 is 9.64 Å². The molecule has 1 amide bonds. The van der Waals surface area contributed by atoms with E-state index in [1.165, 1.54) is 0 Å². The van der Waals surface area contributed by atoms with E-state index in [0.29, 0.717) is 17.9 Å². The lowest BCUT2D eigenvalue weighted by Crippen LogP contribution is -2.27. The van der Waals surface area contributed by atoms with Crippen LogP contribution in [0.3, 0.4) is 0 Å². The molecule has 0 radical (unpaired) electrons. The molecule has 8 heteroatoms. The van der Waals surface area contributed by atoms with Gasteiger partial charge in [-0.25, -0.2) is 4.68 Å². The minimum absolute atomic E-state index is 0.180. The number of amides is 1. The maximum absolute atomic E-state index is 12.7. The van der Waals surface area contributed by atoms with E-state index in [9.17, 15) is 4.79 Å². The number of hydrogen-bond donors (Lipinski definition) is 0. The van der Waals surface area contributed by atoms with Crippen LogP contribution in [0.15, 0.2) is 36.7 Å². The summed E-state index contributed by atoms with van der Waals surface area (Å²) in [4.78, 5) is 14.3. The molecule has 0 saturated heterocycles. The van der Waals surface area contributed by atoms with Crippen LogP contribution in [0, 0.1) is 6.92 Å². The van der Waals surface area contributed by atoms with Gasteiger partial charge in [-0.2, -0.15) is 5.10 Å². The number of hydrogen-bond acceptors (Lipinski definition) is 5. The summed E-state index contributed by atoms with van der Waals surface area (Å²) in [6.45, 7) is 2.29. The average molecular weight is 340 g/mol. The van der Waals surface area contributed by atoms with Crippen LogP contribution in [0.4, 0.5) is 0 Å². The van der Waals surface area contributed by atoms with Crippen molar-refractivity contribution in [3.8, 4) is 11.4 Å². The molecular weight excluding hydrogens is 320 g/mol. The van der Waals surface area contributed by atoms with Gasteiger partial charge in [-0.05, 0) is 31.2 Å². The molecule has 3 rings (SSSR count). The molecular formula is C17H20N6O2. The van der Waals surface area contributed by atoms with Gasteiger partial charge in [0.15, 0.2) is 5.69 Å². The zero-order valence-electron chi connectivity index (χ0n) is 14.7. The highest BCUT2D eigenvalue weighted by molar-refractivity contribution is 5.93. The van der Waals surface area contributed by atoms with Crippen molar-refractivity contribution in [3.05, 3.63) is 53.6 Å². The zero-order valence-corrected chi connectivity index (χ0v) is 14.7. The molecule has 0 fully saturated rings. The van der Waals surface area contributed by atoms with Crippen LogP contribution in [-0.2, 0) is 13.6 Å². The van der Waals surface area contributed by atoms with Gasteiger partial charge in [0, 0.05) is 32.4 Å². The molecule has 0 unspecified atom stereocenters. The van der Waals surface area contributed by atoms with E-state index in [4.69, 9.17) is 4.74 Å². The summed E-state index contributed by atoms with van der Waals surface area (Å²) in [5.74, 6) is 0.579. The number of carbonyl (C=O) groups is 1. The third-order valence-corrected chi connectivity index (χ3v) is 3.94. The van der Waals surface area contributed by atoms with Gasteiger partial charge in [0.25, 0.3) is 5.91 Å². The van der Waals surface area contributed by atoms with E-state index in [1.807, 2.05) is 44.4 Å². The number of aromatic nitrogens is 5. The first-order valence-electron chi connectivity index (χ1n) is 7.79. The molecule has 0 N–H and O–H groups in total. The highest BCUT2D eigenvalue weighted by atomic mass is 16.5. The summed E-state index contributed by atoms with van der Waals surface area (Å²) < 4.78 is 8.51. The fourth-order valence-electron chi connectivity index (χ4n) is 2.58. The van der Waals surface area contributed by atoms with Crippen LogP contribution in [0.2, 0.25) is 0 Å². The van der Waals surface area contributed by atoms with Gasteiger partial charge in [0.2, 0.25) is 0 Å². The standard InChI is InChI=1S/C17H20N6O2/c1-12-16(17(24)21(2)10-13-9-18-22(3)11-13)19-20-23(12)14-5-7-15(25-4)8-6-14/h5-9,11H,10H2,1-4H3. The van der Waals surface area contributed by atoms with Crippen molar-refractivity contribution in [2.45, 2.75) is 13.5 Å². The molecule has 130 valence electrons. The monoisotopic (exact) mass is 340 g/mol. The molecule has 2 aromatic heterocycles. The van der Waals surface area contributed by atoms with Gasteiger partial charge >= 0.3 is 0 Å². The minimum Gasteiger partial charge on any atom is -0.497 e. The van der Waals surface area contributed by atoms with Crippen molar-refractivity contribution in [1.29, 1.82) is 0 Å². The van der Waals surface area contributed by atoms with Crippen LogP contribution < -0.4 is 4.74 Å². The second kappa shape index (κ2) is 6.76. The van der Waals surface area contributed by atoms with Crippen LogP contribution in [0.5, 0.6) is 5.75 Å². The van der Waals surface area contributed by atoms with E-state index in [0.717, 1.165) is 17.0 Å². The number of rotatable bonds is 5. The first kappa shape index (κ1) is 16.7. The maximum atomic E-state index is 12.7. The van der Waals surface area contributed by atoms with Gasteiger partial charge in [-0.15, -0.1) is 5.10 Å². The van der Waals surface area contributed by atoms with Crippen molar-refractivity contribution in [1.82, 2.24) is 29.7 Å². The Bertz CT molecular complexity index is 881. The smallest absolute Gasteiger partial charge is 0.276 e. The summed E-state index contributed by atoms with van der Waals surface area (Å²) in [5.41, 5.74) is 2.80. The van der Waals surface area contributed by atoms with Crippen LogP contribution in [0.1, 0.15) is 21.7 Å². The average Bonchev–Trinajstić information content (AvgIpc) is 3.20. The summed E-state index contributed by atoms with van der Waals surface area (Å²) >= 11 is 0. The Morgan fingerprint density at radius 1 is 1.28 bits per heavy atom. The summed E-state index contributed by atoms with van der Waals surface area (Å²) in [6, 6.07) is 7.42. The number of carbonyl (C=O) groups excluding carboxylic acids is 1. The summed E-state index contributed by atoms with van der Waals surface area (Å²) in [7, 11) is 5.20. The Hall–Kier alpha value is -3.16. The first-order chi connectivity index (χ1) is 12.0. The van der Waals surface area contributed by atoms with Crippen molar-refractivity contribution < 1.29 is 9.53 Å². The Morgan fingerprint density at radius 2 is 2.00 bits per heavy atom. The van der Waals surface area contributed by atoms with E-state index in [1.54, 1.807) is 34.6 Å². The van der Waals surface area contributed by atoms with Crippen LogP contribution in [0.25, 0.3) is 5.69 Å². The number of benzene rings is 1. The molecule has 0 bridgehead atoms. The molecule has 25 heavy (non-hydrogen) atoms. The Kier molecular flexibility index (Phi) is 4.51. The normalized spacial score (nSPS) is 10.7. The third-order valence-electron chi connectivity index (χ3n) is 3.94. The largest absolute Gasteiger partial charge is 0.497 e. The van der Waals surface area contributed by atoms with E-state index in [2.05, 4.69) is 15.4 Å².